The highest BCUT2D eigenvalue weighted by Crippen LogP contribution is 2.21. The molecule has 0 saturated heterocycles. The Hall–Kier alpha value is -3.40. The third kappa shape index (κ3) is 4.23. The molecule has 0 aliphatic rings. The summed E-state index contributed by atoms with van der Waals surface area (Å²) in [6.45, 7) is 2.50. The van der Waals surface area contributed by atoms with Crippen molar-refractivity contribution in [2.45, 2.75) is 6.54 Å². The van der Waals surface area contributed by atoms with Crippen LogP contribution in [-0.4, -0.2) is 23.1 Å². The van der Waals surface area contributed by atoms with Crippen molar-refractivity contribution >= 4 is 22.4 Å². The Morgan fingerprint density at radius 1 is 0.741 bits per heavy atom. The SMILES string of the molecule is c1ccc(CN(CCNc2ccnc3ccccc23)c2ccccn2)cc1. The fourth-order valence-corrected chi connectivity index (χ4v) is 3.19. The van der Waals surface area contributed by atoms with Gasteiger partial charge < -0.3 is 10.2 Å². The van der Waals surface area contributed by atoms with Crippen LogP contribution in [-0.2, 0) is 6.54 Å². The summed E-state index contributed by atoms with van der Waals surface area (Å²) < 4.78 is 0. The first-order valence-electron chi connectivity index (χ1n) is 9.18. The van der Waals surface area contributed by atoms with Gasteiger partial charge in [-0.25, -0.2) is 4.98 Å². The van der Waals surface area contributed by atoms with Crippen LogP contribution < -0.4 is 10.2 Å². The van der Waals surface area contributed by atoms with Crippen LogP contribution in [0.2, 0.25) is 0 Å². The molecular formula is C23H22N4. The smallest absolute Gasteiger partial charge is 0.128 e. The predicted octanol–water partition coefficient (Wildman–Crippen LogP) is 4.75. The van der Waals surface area contributed by atoms with E-state index in [2.05, 4.69) is 56.6 Å². The molecule has 4 aromatic rings. The summed E-state index contributed by atoms with van der Waals surface area (Å²) in [6.07, 6.45) is 3.70. The molecule has 0 aliphatic heterocycles. The molecule has 4 rings (SSSR count). The zero-order chi connectivity index (χ0) is 18.3. The van der Waals surface area contributed by atoms with Gasteiger partial charge >= 0.3 is 0 Å². The lowest BCUT2D eigenvalue weighted by Gasteiger charge is -2.24. The van der Waals surface area contributed by atoms with Gasteiger partial charge in [0, 0.05) is 43.1 Å². The molecule has 0 radical (unpaired) electrons. The average molecular weight is 354 g/mol. The van der Waals surface area contributed by atoms with Crippen LogP contribution in [0.5, 0.6) is 0 Å². The number of benzene rings is 2. The van der Waals surface area contributed by atoms with Crippen molar-refractivity contribution in [3.05, 3.63) is 96.8 Å². The summed E-state index contributed by atoms with van der Waals surface area (Å²) >= 11 is 0. The van der Waals surface area contributed by atoms with Gasteiger partial charge in [0.1, 0.15) is 5.82 Å². The molecule has 0 fully saturated rings. The number of hydrogen-bond acceptors (Lipinski definition) is 4. The molecule has 27 heavy (non-hydrogen) atoms. The number of aromatic nitrogens is 2. The highest BCUT2D eigenvalue weighted by Gasteiger charge is 2.09. The Kier molecular flexibility index (Phi) is 5.25. The maximum absolute atomic E-state index is 4.54. The lowest BCUT2D eigenvalue weighted by Crippen LogP contribution is -2.29. The van der Waals surface area contributed by atoms with Crippen molar-refractivity contribution in [1.29, 1.82) is 0 Å². The van der Waals surface area contributed by atoms with Crippen LogP contribution in [0.3, 0.4) is 0 Å². The van der Waals surface area contributed by atoms with Crippen LogP contribution in [0.25, 0.3) is 10.9 Å². The fraction of sp³-hybridized carbons (Fsp3) is 0.130. The van der Waals surface area contributed by atoms with E-state index < -0.39 is 0 Å². The second kappa shape index (κ2) is 8.32. The lowest BCUT2D eigenvalue weighted by molar-refractivity contribution is 0.790. The Morgan fingerprint density at radius 2 is 1.56 bits per heavy atom. The highest BCUT2D eigenvalue weighted by atomic mass is 15.2. The first-order valence-corrected chi connectivity index (χ1v) is 9.18. The van der Waals surface area contributed by atoms with Gasteiger partial charge in [-0.2, -0.15) is 0 Å². The van der Waals surface area contributed by atoms with Gasteiger partial charge in [-0.05, 0) is 29.8 Å². The number of hydrogen-bond donors (Lipinski definition) is 1. The molecule has 2 aromatic carbocycles. The summed E-state index contributed by atoms with van der Waals surface area (Å²) in [5.41, 5.74) is 3.40. The minimum atomic E-state index is 0.817. The van der Waals surface area contributed by atoms with Crippen molar-refractivity contribution in [2.75, 3.05) is 23.3 Å². The zero-order valence-electron chi connectivity index (χ0n) is 15.1. The van der Waals surface area contributed by atoms with Crippen molar-refractivity contribution < 1.29 is 0 Å². The molecule has 1 N–H and O–H groups in total. The van der Waals surface area contributed by atoms with E-state index in [0.29, 0.717) is 0 Å². The Bertz CT molecular complexity index is 981. The minimum Gasteiger partial charge on any atom is -0.383 e. The van der Waals surface area contributed by atoms with E-state index in [9.17, 15) is 0 Å². The molecule has 4 heteroatoms. The molecular weight excluding hydrogens is 332 g/mol. The van der Waals surface area contributed by atoms with E-state index in [4.69, 9.17) is 0 Å². The summed E-state index contributed by atoms with van der Waals surface area (Å²) in [5.74, 6) is 0.989. The van der Waals surface area contributed by atoms with E-state index in [1.165, 1.54) is 5.56 Å². The molecule has 2 heterocycles. The first-order chi connectivity index (χ1) is 13.4. The van der Waals surface area contributed by atoms with E-state index in [1.807, 2.05) is 54.9 Å². The number of nitrogens with one attached hydrogen (secondary N) is 1. The fourth-order valence-electron chi connectivity index (χ4n) is 3.19. The van der Waals surface area contributed by atoms with Gasteiger partial charge in [0.25, 0.3) is 0 Å². The standard InChI is InChI=1S/C23H22N4/c1-2-8-19(9-3-1)18-27(23-12-6-7-14-26-23)17-16-25-22-13-15-24-21-11-5-4-10-20(21)22/h1-15H,16-18H2,(H,24,25). The third-order valence-electron chi connectivity index (χ3n) is 4.54. The number of fused-ring (bicyclic) bond motifs is 1. The number of pyridine rings is 2. The van der Waals surface area contributed by atoms with E-state index >= 15 is 0 Å². The van der Waals surface area contributed by atoms with E-state index in [-0.39, 0.29) is 0 Å². The van der Waals surface area contributed by atoms with Crippen LogP contribution in [0, 0.1) is 0 Å². The molecule has 0 atom stereocenters. The Labute approximate surface area is 159 Å². The van der Waals surface area contributed by atoms with Crippen LogP contribution in [0.1, 0.15) is 5.56 Å². The summed E-state index contributed by atoms with van der Waals surface area (Å²) in [7, 11) is 0. The number of anilines is 2. The van der Waals surface area contributed by atoms with Gasteiger partial charge in [0.15, 0.2) is 0 Å². The number of rotatable bonds is 7. The highest BCUT2D eigenvalue weighted by molar-refractivity contribution is 5.90. The normalized spacial score (nSPS) is 10.7. The van der Waals surface area contributed by atoms with Gasteiger partial charge in [0.2, 0.25) is 0 Å². The summed E-state index contributed by atoms with van der Waals surface area (Å²) in [4.78, 5) is 11.3. The van der Waals surface area contributed by atoms with Crippen LogP contribution in [0.15, 0.2) is 91.3 Å². The Morgan fingerprint density at radius 3 is 2.41 bits per heavy atom. The maximum atomic E-state index is 4.54. The van der Waals surface area contributed by atoms with Gasteiger partial charge in [-0.15, -0.1) is 0 Å². The summed E-state index contributed by atoms with van der Waals surface area (Å²) in [5, 5.41) is 4.71. The molecule has 0 bridgehead atoms. The molecule has 134 valence electrons. The Balaban J connectivity index is 1.48. The van der Waals surface area contributed by atoms with Gasteiger partial charge in [-0.3, -0.25) is 4.98 Å². The first kappa shape index (κ1) is 17.0. The van der Waals surface area contributed by atoms with E-state index in [1.54, 1.807) is 0 Å². The molecule has 4 nitrogen and oxygen atoms in total. The minimum absolute atomic E-state index is 0.817. The second-order valence-electron chi connectivity index (χ2n) is 6.40. The van der Waals surface area contributed by atoms with Crippen molar-refractivity contribution in [3.63, 3.8) is 0 Å². The van der Waals surface area contributed by atoms with Crippen LogP contribution >= 0.6 is 0 Å². The topological polar surface area (TPSA) is 41.0 Å². The third-order valence-corrected chi connectivity index (χ3v) is 4.54. The molecule has 0 saturated carbocycles. The zero-order valence-corrected chi connectivity index (χ0v) is 15.1. The predicted molar refractivity (Wildman–Crippen MR) is 112 cm³/mol. The molecule has 0 amide bonds. The lowest BCUT2D eigenvalue weighted by atomic mass is 10.2. The van der Waals surface area contributed by atoms with Gasteiger partial charge in [-0.1, -0.05) is 54.6 Å². The maximum Gasteiger partial charge on any atom is 0.128 e. The molecule has 0 unspecified atom stereocenters. The van der Waals surface area contributed by atoms with Crippen molar-refractivity contribution in [1.82, 2.24) is 9.97 Å². The summed E-state index contributed by atoms with van der Waals surface area (Å²) in [6, 6.07) is 26.8. The second-order valence-corrected chi connectivity index (χ2v) is 6.40. The average Bonchev–Trinajstić information content (AvgIpc) is 2.74. The number of nitrogens with zero attached hydrogens (tertiary/aromatic N) is 3. The molecule has 0 aliphatic carbocycles. The van der Waals surface area contributed by atoms with Crippen molar-refractivity contribution in [3.8, 4) is 0 Å². The largest absolute Gasteiger partial charge is 0.383 e. The van der Waals surface area contributed by atoms with Crippen LogP contribution in [0.4, 0.5) is 11.5 Å². The monoisotopic (exact) mass is 354 g/mol. The van der Waals surface area contributed by atoms with E-state index in [0.717, 1.165) is 42.0 Å². The quantitative estimate of drug-likeness (QED) is 0.520. The molecule has 2 aromatic heterocycles. The van der Waals surface area contributed by atoms with Gasteiger partial charge in [0.05, 0.1) is 5.52 Å². The molecule has 0 spiro atoms. The van der Waals surface area contributed by atoms with Crippen molar-refractivity contribution in [2.24, 2.45) is 0 Å². The number of para-hydroxylation sites is 1.